The van der Waals surface area contributed by atoms with Crippen molar-refractivity contribution >= 4 is 11.7 Å². The van der Waals surface area contributed by atoms with E-state index in [0.717, 1.165) is 6.54 Å². The molecule has 1 saturated heterocycles. The van der Waals surface area contributed by atoms with Gasteiger partial charge in [-0.15, -0.1) is 0 Å². The molecule has 5 nitrogen and oxygen atoms in total. The van der Waals surface area contributed by atoms with E-state index >= 15 is 0 Å². The zero-order valence-electron chi connectivity index (χ0n) is 7.01. The Labute approximate surface area is 75.3 Å². The maximum atomic E-state index is 10.6. The van der Waals surface area contributed by atoms with Crippen molar-refractivity contribution in [3.63, 3.8) is 0 Å². The summed E-state index contributed by atoms with van der Waals surface area (Å²) in [5.41, 5.74) is 0.103. The Morgan fingerprint density at radius 2 is 2.62 bits per heavy atom. The highest BCUT2D eigenvalue weighted by atomic mass is 16.5. The lowest BCUT2D eigenvalue weighted by Gasteiger charge is -2.34. The minimum absolute atomic E-state index is 0.103. The molecule has 2 heterocycles. The van der Waals surface area contributed by atoms with Crippen LogP contribution < -0.4 is 0 Å². The average molecular weight is 182 g/mol. The van der Waals surface area contributed by atoms with E-state index < -0.39 is 5.97 Å². The Bertz CT molecular complexity index is 285. The van der Waals surface area contributed by atoms with Crippen molar-refractivity contribution in [1.29, 1.82) is 0 Å². The number of morpholine rings is 1. The third-order valence-electron chi connectivity index (χ3n) is 2.07. The van der Waals surface area contributed by atoms with E-state index in [0.29, 0.717) is 13.2 Å². The number of nitrogens with zero attached hydrogens (tertiary/aromatic N) is 2. The molecule has 0 aliphatic carbocycles. The van der Waals surface area contributed by atoms with Crippen LogP contribution in [0.25, 0.3) is 0 Å². The third kappa shape index (κ3) is 1.55. The number of aliphatic imine (C=N–C) groups is 1. The average Bonchev–Trinajstić information content (AvgIpc) is 2.17. The first kappa shape index (κ1) is 8.25. The number of carboxylic acids is 1. The molecule has 2 aliphatic heterocycles. The summed E-state index contributed by atoms with van der Waals surface area (Å²) < 4.78 is 5.19. The van der Waals surface area contributed by atoms with Gasteiger partial charge in [-0.25, -0.2) is 4.79 Å². The van der Waals surface area contributed by atoms with Gasteiger partial charge in [0.15, 0.2) is 0 Å². The monoisotopic (exact) mass is 182 g/mol. The van der Waals surface area contributed by atoms with E-state index in [1.165, 1.54) is 6.08 Å². The van der Waals surface area contributed by atoms with E-state index in [2.05, 4.69) is 4.99 Å². The van der Waals surface area contributed by atoms with Crippen molar-refractivity contribution in [2.24, 2.45) is 4.99 Å². The molecule has 2 aliphatic rings. The number of carboxylic acid groups (broad SMARTS) is 1. The smallest absolute Gasteiger partial charge is 0.354 e. The Balaban J connectivity index is 2.16. The molecule has 0 saturated carbocycles. The Kier molecular flexibility index (Phi) is 2.02. The van der Waals surface area contributed by atoms with Gasteiger partial charge in [-0.2, -0.15) is 0 Å². The molecule has 0 aromatic rings. The Hall–Kier alpha value is -1.36. The largest absolute Gasteiger partial charge is 0.477 e. The van der Waals surface area contributed by atoms with Gasteiger partial charge < -0.3 is 14.7 Å². The van der Waals surface area contributed by atoms with Gasteiger partial charge in [-0.1, -0.05) is 0 Å². The van der Waals surface area contributed by atoms with Crippen LogP contribution >= 0.6 is 0 Å². The minimum atomic E-state index is -0.985. The van der Waals surface area contributed by atoms with Gasteiger partial charge in [0, 0.05) is 12.7 Å². The molecule has 1 unspecified atom stereocenters. The van der Waals surface area contributed by atoms with Gasteiger partial charge in [-0.05, 0) is 6.08 Å². The van der Waals surface area contributed by atoms with Crippen molar-refractivity contribution in [1.82, 2.24) is 4.90 Å². The third-order valence-corrected chi connectivity index (χ3v) is 2.07. The van der Waals surface area contributed by atoms with Crippen molar-refractivity contribution < 1.29 is 14.6 Å². The van der Waals surface area contributed by atoms with Gasteiger partial charge in [0.2, 0.25) is 0 Å². The second-order valence-electron chi connectivity index (χ2n) is 2.93. The fourth-order valence-corrected chi connectivity index (χ4v) is 1.39. The highest BCUT2D eigenvalue weighted by molar-refractivity contribution is 6.40. The number of aliphatic carboxylic acids is 1. The van der Waals surface area contributed by atoms with E-state index in [-0.39, 0.29) is 11.9 Å². The lowest BCUT2D eigenvalue weighted by molar-refractivity contribution is -0.129. The fraction of sp³-hybridized carbons (Fsp3) is 0.500. The normalized spacial score (nSPS) is 26.6. The van der Waals surface area contributed by atoms with Gasteiger partial charge in [-0.3, -0.25) is 4.99 Å². The summed E-state index contributed by atoms with van der Waals surface area (Å²) in [7, 11) is 0. The molecule has 0 spiro atoms. The van der Waals surface area contributed by atoms with Crippen molar-refractivity contribution in [3.8, 4) is 0 Å². The van der Waals surface area contributed by atoms with Gasteiger partial charge in [0.25, 0.3) is 0 Å². The summed E-state index contributed by atoms with van der Waals surface area (Å²) >= 11 is 0. The Morgan fingerprint density at radius 3 is 3.38 bits per heavy atom. The van der Waals surface area contributed by atoms with E-state index in [1.807, 2.05) is 4.90 Å². The lowest BCUT2D eigenvalue weighted by atomic mass is 10.2. The summed E-state index contributed by atoms with van der Waals surface area (Å²) in [5, 5.41) is 8.69. The highest BCUT2D eigenvalue weighted by Crippen LogP contribution is 2.13. The Morgan fingerprint density at radius 1 is 1.77 bits per heavy atom. The first-order valence-corrected chi connectivity index (χ1v) is 4.10. The number of rotatable bonds is 1. The molecule has 5 heteroatoms. The molecule has 0 bridgehead atoms. The molecule has 13 heavy (non-hydrogen) atoms. The van der Waals surface area contributed by atoms with Gasteiger partial charge in [0.05, 0.1) is 13.2 Å². The van der Waals surface area contributed by atoms with Crippen molar-refractivity contribution in [2.75, 3.05) is 19.8 Å². The summed E-state index contributed by atoms with van der Waals surface area (Å²) in [6.07, 6.45) is 3.14. The zero-order valence-corrected chi connectivity index (χ0v) is 7.01. The van der Waals surface area contributed by atoms with Crippen LogP contribution in [0, 0.1) is 0 Å². The van der Waals surface area contributed by atoms with E-state index in [9.17, 15) is 4.79 Å². The first-order valence-electron chi connectivity index (χ1n) is 4.10. The van der Waals surface area contributed by atoms with Crippen LogP contribution in [-0.2, 0) is 9.53 Å². The standard InChI is InChI=1S/C8H10N2O3/c11-8(12)6-1-2-10-3-4-13-5-7(10)9-6/h1-2,7H,3-5H2,(H,11,12). The molecule has 70 valence electrons. The minimum Gasteiger partial charge on any atom is -0.477 e. The second-order valence-corrected chi connectivity index (χ2v) is 2.93. The second kappa shape index (κ2) is 3.18. The predicted molar refractivity (Wildman–Crippen MR) is 45.5 cm³/mol. The van der Waals surface area contributed by atoms with Crippen LogP contribution in [0.3, 0.4) is 0 Å². The molecule has 1 fully saturated rings. The SMILES string of the molecule is O=C(O)C1=NC2COCCN2C=C1. The van der Waals surface area contributed by atoms with Crippen molar-refractivity contribution in [3.05, 3.63) is 12.3 Å². The van der Waals surface area contributed by atoms with Crippen LogP contribution in [0.4, 0.5) is 0 Å². The van der Waals surface area contributed by atoms with E-state index in [1.54, 1.807) is 6.20 Å². The van der Waals surface area contributed by atoms with Crippen LogP contribution in [0.2, 0.25) is 0 Å². The maximum Gasteiger partial charge on any atom is 0.354 e. The molecule has 2 rings (SSSR count). The molecule has 0 radical (unpaired) electrons. The molecule has 0 aromatic carbocycles. The van der Waals surface area contributed by atoms with Crippen LogP contribution in [0.5, 0.6) is 0 Å². The molecule has 1 N–H and O–H groups in total. The number of hydrogen-bond donors (Lipinski definition) is 1. The quantitative estimate of drug-likeness (QED) is 0.604. The lowest BCUT2D eigenvalue weighted by Crippen LogP contribution is -2.43. The number of ether oxygens (including phenoxy) is 1. The molecule has 0 amide bonds. The number of carbonyl (C=O) groups is 1. The molecular weight excluding hydrogens is 172 g/mol. The zero-order chi connectivity index (χ0) is 9.26. The fourth-order valence-electron chi connectivity index (χ4n) is 1.39. The summed E-state index contributed by atoms with van der Waals surface area (Å²) in [6.45, 7) is 1.93. The topological polar surface area (TPSA) is 62.1 Å². The van der Waals surface area contributed by atoms with Gasteiger partial charge in [0.1, 0.15) is 11.9 Å². The number of fused-ring (bicyclic) bond motifs is 1. The van der Waals surface area contributed by atoms with E-state index in [4.69, 9.17) is 9.84 Å². The molecule has 0 aromatic heterocycles. The van der Waals surface area contributed by atoms with Crippen LogP contribution in [-0.4, -0.2) is 47.6 Å². The molecule has 1 atom stereocenters. The maximum absolute atomic E-state index is 10.6. The molecular formula is C8H10N2O3. The summed E-state index contributed by atoms with van der Waals surface area (Å²) in [4.78, 5) is 16.6. The summed E-state index contributed by atoms with van der Waals surface area (Å²) in [5.74, 6) is -0.985. The predicted octanol–water partition coefficient (Wildman–Crippen LogP) is -0.302. The van der Waals surface area contributed by atoms with Crippen LogP contribution in [0.15, 0.2) is 17.3 Å². The highest BCUT2D eigenvalue weighted by Gasteiger charge is 2.24. The first-order chi connectivity index (χ1) is 6.27. The number of hydrogen-bond acceptors (Lipinski definition) is 4. The van der Waals surface area contributed by atoms with Gasteiger partial charge >= 0.3 is 5.97 Å². The van der Waals surface area contributed by atoms with Crippen LogP contribution in [0.1, 0.15) is 0 Å². The summed E-state index contributed by atoms with van der Waals surface area (Å²) in [6, 6.07) is 0. The van der Waals surface area contributed by atoms with Crippen molar-refractivity contribution in [2.45, 2.75) is 6.17 Å².